The predicted octanol–water partition coefficient (Wildman–Crippen LogP) is -5.39. The van der Waals surface area contributed by atoms with Crippen LogP contribution in [0.5, 0.6) is 0 Å². The number of nitrogens with one attached hydrogen (secondary N) is 1. The lowest BCUT2D eigenvalue weighted by molar-refractivity contribution is -0.316. The summed E-state index contributed by atoms with van der Waals surface area (Å²) in [5.41, 5.74) is 4.55. The molecular formula is C20H30N4O13. The van der Waals surface area contributed by atoms with Gasteiger partial charge in [-0.25, -0.2) is 9.59 Å². The average molecular weight is 534 g/mol. The SMILES string of the molecule is CC(=O)N[C@H]1[C@H]([C@H](O)[C@H](O)CO)O[C@](OC[C@H]2O[C@@H](n3ccc(N)nc3=O)[C@H](O)[C@@H]2O)(C(=O)O)C[C@@H]1O. The Morgan fingerprint density at radius 2 is 2.00 bits per heavy atom. The Morgan fingerprint density at radius 1 is 1.32 bits per heavy atom. The minimum absolute atomic E-state index is 0.0915. The lowest BCUT2D eigenvalue weighted by atomic mass is 9.88. The van der Waals surface area contributed by atoms with E-state index in [2.05, 4.69) is 10.3 Å². The van der Waals surface area contributed by atoms with Gasteiger partial charge in [-0.1, -0.05) is 0 Å². The molecule has 2 aliphatic heterocycles. The Labute approximate surface area is 208 Å². The fourth-order valence-electron chi connectivity index (χ4n) is 4.21. The third-order valence-corrected chi connectivity index (χ3v) is 6.13. The van der Waals surface area contributed by atoms with Crippen LogP contribution in [-0.2, 0) is 23.8 Å². The highest BCUT2D eigenvalue weighted by molar-refractivity contribution is 5.76. The van der Waals surface area contributed by atoms with Crippen LogP contribution in [0.25, 0.3) is 0 Å². The highest BCUT2D eigenvalue weighted by atomic mass is 16.7. The molecule has 0 aliphatic carbocycles. The Hall–Kier alpha value is -2.74. The number of ether oxygens (including phenoxy) is 3. The second kappa shape index (κ2) is 11.3. The van der Waals surface area contributed by atoms with Crippen LogP contribution in [0, 0.1) is 0 Å². The molecule has 2 fully saturated rings. The summed E-state index contributed by atoms with van der Waals surface area (Å²) >= 11 is 0. The van der Waals surface area contributed by atoms with E-state index in [1.54, 1.807) is 0 Å². The maximum absolute atomic E-state index is 12.2. The summed E-state index contributed by atoms with van der Waals surface area (Å²) in [4.78, 5) is 39.4. The number of amides is 1. The molecule has 1 aromatic rings. The van der Waals surface area contributed by atoms with Crippen LogP contribution >= 0.6 is 0 Å². The first-order valence-electron chi connectivity index (χ1n) is 11.1. The van der Waals surface area contributed by atoms with E-state index in [4.69, 9.17) is 19.9 Å². The van der Waals surface area contributed by atoms with Gasteiger partial charge in [-0.3, -0.25) is 9.36 Å². The summed E-state index contributed by atoms with van der Waals surface area (Å²) in [5, 5.41) is 73.2. The normalized spacial score (nSPS) is 35.6. The molecule has 0 spiro atoms. The van der Waals surface area contributed by atoms with Gasteiger partial charge in [0.25, 0.3) is 5.79 Å². The second-order valence-corrected chi connectivity index (χ2v) is 8.78. The van der Waals surface area contributed by atoms with Crippen molar-refractivity contribution in [3.63, 3.8) is 0 Å². The molecule has 3 rings (SSSR count). The third-order valence-electron chi connectivity index (χ3n) is 6.13. The highest BCUT2D eigenvalue weighted by Gasteiger charge is 2.56. The van der Waals surface area contributed by atoms with Gasteiger partial charge in [0.2, 0.25) is 5.91 Å². The number of anilines is 1. The molecule has 3 heterocycles. The molecule has 0 saturated carbocycles. The first kappa shape index (κ1) is 28.8. The van der Waals surface area contributed by atoms with E-state index < -0.39 is 98.0 Å². The Bertz CT molecular complexity index is 1040. The summed E-state index contributed by atoms with van der Waals surface area (Å²) in [6, 6.07) is -0.142. The minimum atomic E-state index is -2.68. The zero-order valence-electron chi connectivity index (χ0n) is 19.5. The predicted molar refractivity (Wildman–Crippen MR) is 117 cm³/mol. The van der Waals surface area contributed by atoms with Crippen molar-refractivity contribution in [2.24, 2.45) is 0 Å². The van der Waals surface area contributed by atoms with Gasteiger partial charge in [-0.2, -0.15) is 4.98 Å². The van der Waals surface area contributed by atoms with E-state index in [0.29, 0.717) is 0 Å². The first-order valence-corrected chi connectivity index (χ1v) is 11.1. The summed E-state index contributed by atoms with van der Waals surface area (Å²) in [6.45, 7) is -0.608. The number of carbonyl (C=O) groups excluding carboxylic acids is 1. The number of nitrogens with zero attached hydrogens (tertiary/aromatic N) is 2. The fourth-order valence-corrected chi connectivity index (χ4v) is 4.21. The molecule has 1 aromatic heterocycles. The third kappa shape index (κ3) is 5.89. The number of nitrogens with two attached hydrogens (primary N) is 1. The van der Waals surface area contributed by atoms with Crippen molar-refractivity contribution in [3.8, 4) is 0 Å². The van der Waals surface area contributed by atoms with Gasteiger partial charge in [-0.05, 0) is 6.07 Å². The van der Waals surface area contributed by atoms with Crippen LogP contribution < -0.4 is 16.7 Å². The van der Waals surface area contributed by atoms with Crippen molar-refractivity contribution in [1.82, 2.24) is 14.9 Å². The molecule has 0 bridgehead atoms. The zero-order valence-corrected chi connectivity index (χ0v) is 19.5. The smallest absolute Gasteiger partial charge is 0.364 e. The average Bonchev–Trinajstić information content (AvgIpc) is 3.11. The Balaban J connectivity index is 1.82. The summed E-state index contributed by atoms with van der Waals surface area (Å²) in [7, 11) is 0. The number of aliphatic carboxylic acids is 1. The van der Waals surface area contributed by atoms with Gasteiger partial charge in [0.05, 0.1) is 25.4 Å². The number of aliphatic hydroxyl groups is 6. The number of nitrogen functional groups attached to an aromatic ring is 1. The number of carbonyl (C=O) groups is 2. The van der Waals surface area contributed by atoms with Crippen LogP contribution in [0.15, 0.2) is 17.1 Å². The maximum atomic E-state index is 12.2. The molecule has 17 nitrogen and oxygen atoms in total. The molecule has 10 atom stereocenters. The van der Waals surface area contributed by atoms with Gasteiger partial charge < -0.3 is 61.0 Å². The quantitative estimate of drug-likeness (QED) is 0.143. The number of hydrogen-bond donors (Lipinski definition) is 9. The summed E-state index contributed by atoms with van der Waals surface area (Å²) < 4.78 is 17.3. The zero-order chi connectivity index (χ0) is 27.7. The van der Waals surface area contributed by atoms with Crippen LogP contribution in [0.4, 0.5) is 5.82 Å². The Kier molecular flexibility index (Phi) is 8.83. The standard InChI is InChI=1S/C20H30N4O13/c1-7(26)22-12-8(27)4-20(18(32)33,37-16(12)13(29)9(28)5-25)35-6-10-14(30)15(31)17(36-10)24-3-2-11(21)23-19(24)34/h2-3,8-10,12-17,25,27-31H,4-6H2,1H3,(H,22,26)(H,32,33)(H2,21,23,34)/t8-,9+,10+,12+,13+,14+,15+,16+,17+,20-/m0/s1. The number of aromatic nitrogens is 2. The van der Waals surface area contributed by atoms with Crippen molar-refractivity contribution >= 4 is 17.7 Å². The maximum Gasteiger partial charge on any atom is 0.364 e. The molecule has 2 saturated heterocycles. The molecule has 0 aromatic carbocycles. The topological polar surface area (TPSA) is 276 Å². The molecule has 0 radical (unpaired) electrons. The molecule has 37 heavy (non-hydrogen) atoms. The van der Waals surface area contributed by atoms with E-state index in [1.807, 2.05) is 0 Å². The van der Waals surface area contributed by atoms with Crippen molar-refractivity contribution in [2.75, 3.05) is 18.9 Å². The molecule has 0 unspecified atom stereocenters. The van der Waals surface area contributed by atoms with Crippen molar-refractivity contribution < 1.29 is 59.5 Å². The van der Waals surface area contributed by atoms with Crippen LogP contribution in [0.2, 0.25) is 0 Å². The Morgan fingerprint density at radius 3 is 2.57 bits per heavy atom. The number of rotatable bonds is 9. The van der Waals surface area contributed by atoms with E-state index >= 15 is 0 Å². The number of carboxylic acids is 1. The molecule has 1 amide bonds. The van der Waals surface area contributed by atoms with Gasteiger partial charge >= 0.3 is 11.7 Å². The lowest BCUT2D eigenvalue weighted by Gasteiger charge is -2.46. The monoisotopic (exact) mass is 534 g/mol. The van der Waals surface area contributed by atoms with E-state index in [0.717, 1.165) is 11.5 Å². The van der Waals surface area contributed by atoms with E-state index in [1.165, 1.54) is 12.3 Å². The molecule has 208 valence electrons. The number of hydrogen-bond acceptors (Lipinski definition) is 14. The van der Waals surface area contributed by atoms with Crippen LogP contribution in [0.1, 0.15) is 19.6 Å². The first-order chi connectivity index (χ1) is 17.3. The fraction of sp³-hybridized carbons (Fsp3) is 0.700. The van der Waals surface area contributed by atoms with Crippen molar-refractivity contribution in [1.29, 1.82) is 0 Å². The van der Waals surface area contributed by atoms with E-state index in [-0.39, 0.29) is 5.82 Å². The van der Waals surface area contributed by atoms with Gasteiger partial charge in [0.15, 0.2) is 6.23 Å². The van der Waals surface area contributed by atoms with Crippen molar-refractivity contribution in [3.05, 3.63) is 22.7 Å². The number of aliphatic hydroxyl groups excluding tert-OH is 6. The van der Waals surface area contributed by atoms with Gasteiger partial charge in [0, 0.05) is 19.5 Å². The van der Waals surface area contributed by atoms with Crippen LogP contribution in [0.3, 0.4) is 0 Å². The molecule has 10 N–H and O–H groups in total. The second-order valence-electron chi connectivity index (χ2n) is 8.78. The van der Waals surface area contributed by atoms with Crippen LogP contribution in [-0.4, -0.2) is 125 Å². The van der Waals surface area contributed by atoms with E-state index in [9.17, 15) is 50.1 Å². The van der Waals surface area contributed by atoms with Crippen molar-refractivity contribution in [2.45, 2.75) is 74.1 Å². The number of carboxylic acid groups (broad SMARTS) is 1. The van der Waals surface area contributed by atoms with Gasteiger partial charge in [-0.15, -0.1) is 0 Å². The largest absolute Gasteiger partial charge is 0.477 e. The minimum Gasteiger partial charge on any atom is -0.477 e. The highest BCUT2D eigenvalue weighted by Crippen LogP contribution is 2.35. The molecule has 2 aliphatic rings. The molecule has 17 heteroatoms. The van der Waals surface area contributed by atoms with Gasteiger partial charge in [0.1, 0.15) is 42.4 Å². The summed E-state index contributed by atoms with van der Waals surface area (Å²) in [6.07, 6.45) is -13.0. The lowest BCUT2D eigenvalue weighted by Crippen LogP contribution is -2.68. The molecular weight excluding hydrogens is 504 g/mol. The summed E-state index contributed by atoms with van der Waals surface area (Å²) in [5.74, 6) is -5.21.